The molecule has 0 unspecified atom stereocenters. The number of benzene rings is 8. The largest absolute Gasteiger partial charge is 0.456 e. The number of nitrogens with zero attached hydrogens (tertiary/aromatic N) is 2. The van der Waals surface area contributed by atoms with E-state index in [9.17, 15) is 0 Å². The fourth-order valence-corrected chi connectivity index (χ4v) is 14.3. The maximum absolute atomic E-state index is 7.20. The van der Waals surface area contributed by atoms with Crippen molar-refractivity contribution in [2.45, 2.75) is 96.8 Å². The summed E-state index contributed by atoms with van der Waals surface area (Å²) in [6.45, 7) is 21.4. The summed E-state index contributed by atoms with van der Waals surface area (Å²) in [6.07, 6.45) is 2.32. The lowest BCUT2D eigenvalue weighted by Gasteiger charge is -2.51. The molecule has 0 radical (unpaired) electrons. The topological polar surface area (TPSA) is 19.6 Å². The number of thiophene rings is 1. The summed E-state index contributed by atoms with van der Waals surface area (Å²) in [6, 6.07) is 56.1. The average Bonchev–Trinajstić information content (AvgIpc) is 3.88. The van der Waals surface area contributed by atoms with Crippen LogP contribution in [0.4, 0.5) is 28.4 Å². The summed E-state index contributed by atoms with van der Waals surface area (Å²) in [5.74, 6) is 0. The highest BCUT2D eigenvalue weighted by atomic mass is 32.1. The number of anilines is 5. The molecule has 68 heavy (non-hydrogen) atoms. The van der Waals surface area contributed by atoms with Gasteiger partial charge in [-0.05, 0) is 116 Å². The third kappa shape index (κ3) is 5.32. The summed E-state index contributed by atoms with van der Waals surface area (Å²) in [7, 11) is 0. The van der Waals surface area contributed by atoms with E-state index in [2.05, 4.69) is 218 Å². The number of hydrogen-bond donors (Lipinski definition) is 0. The van der Waals surface area contributed by atoms with Gasteiger partial charge in [-0.2, -0.15) is 0 Å². The van der Waals surface area contributed by atoms with Gasteiger partial charge in [-0.15, -0.1) is 11.3 Å². The highest BCUT2D eigenvalue weighted by molar-refractivity contribution is 7.26. The van der Waals surface area contributed by atoms with Gasteiger partial charge in [-0.3, -0.25) is 0 Å². The lowest BCUT2D eigenvalue weighted by Crippen LogP contribution is -2.63. The van der Waals surface area contributed by atoms with Crippen LogP contribution in [0.25, 0.3) is 64.4 Å². The number of fused-ring (bicyclic) bond motifs is 14. The maximum Gasteiger partial charge on any atom is 0.333 e. The smallest absolute Gasteiger partial charge is 0.333 e. The fourth-order valence-electron chi connectivity index (χ4n) is 13.0. The predicted molar refractivity (Wildman–Crippen MR) is 292 cm³/mol. The van der Waals surface area contributed by atoms with Crippen LogP contribution >= 0.6 is 11.3 Å². The van der Waals surface area contributed by atoms with Crippen molar-refractivity contribution >= 4 is 99.7 Å². The van der Waals surface area contributed by atoms with Crippen molar-refractivity contribution in [3.8, 4) is 22.3 Å². The first-order chi connectivity index (χ1) is 32.6. The van der Waals surface area contributed by atoms with E-state index in [1.807, 2.05) is 11.3 Å². The second kappa shape index (κ2) is 13.4. The quantitative estimate of drug-likeness (QED) is 0.161. The molecule has 10 aromatic rings. The molecule has 3 aliphatic heterocycles. The Hall–Kier alpha value is -6.56. The molecule has 3 nitrogen and oxygen atoms in total. The minimum absolute atomic E-state index is 0.0415. The average molecular weight is 899 g/mol. The van der Waals surface area contributed by atoms with Crippen molar-refractivity contribution in [1.29, 1.82) is 0 Å². The standard InChI is InChI=1S/C63H55BN2OS/c1-60(2,3)37-26-27-49(40(30-37)36-18-11-10-12-19-36)65-51-35-54-42(41-31-46-47(34-53(41)67-54)62(6,7)29-28-61(46,4)5)32-48(51)64-57-52(65)33-43-38-20-13-16-25-55(38)68-59(43)56(57)39-21-17-23-45-58(39)66(64)50-24-15-14-22-44(50)63(45,8)9/h10-27,30-35H,28-29H2,1-9H3. The Morgan fingerprint density at radius 1 is 0.544 bits per heavy atom. The van der Waals surface area contributed by atoms with E-state index in [0.717, 1.165) is 29.7 Å². The monoisotopic (exact) mass is 898 g/mol. The number of hydrogen-bond acceptors (Lipinski definition) is 4. The Morgan fingerprint density at radius 3 is 2.03 bits per heavy atom. The second-order valence-electron chi connectivity index (χ2n) is 23.1. The van der Waals surface area contributed by atoms with Crippen molar-refractivity contribution in [1.82, 2.24) is 0 Å². The zero-order valence-corrected chi connectivity index (χ0v) is 41.4. The van der Waals surface area contributed by atoms with Gasteiger partial charge in [-0.1, -0.05) is 159 Å². The third-order valence-electron chi connectivity index (χ3n) is 16.8. The van der Waals surface area contributed by atoms with E-state index in [4.69, 9.17) is 4.42 Å². The molecule has 0 atom stereocenters. The Balaban J connectivity index is 1.17. The van der Waals surface area contributed by atoms with Crippen molar-refractivity contribution in [2.24, 2.45) is 0 Å². The molecular formula is C63H55BN2OS. The molecule has 2 aromatic heterocycles. The molecule has 5 heterocycles. The van der Waals surface area contributed by atoms with Crippen LogP contribution in [-0.2, 0) is 21.7 Å². The number of para-hydroxylation sites is 2. The van der Waals surface area contributed by atoms with Gasteiger partial charge in [0, 0.05) is 81.9 Å². The molecule has 4 aliphatic rings. The fraction of sp³-hybridized carbons (Fsp3) is 0.238. The van der Waals surface area contributed by atoms with Gasteiger partial charge in [0.2, 0.25) is 0 Å². The van der Waals surface area contributed by atoms with Gasteiger partial charge in [0.25, 0.3) is 0 Å². The molecule has 0 fully saturated rings. The summed E-state index contributed by atoms with van der Waals surface area (Å²) in [5, 5.41) is 5.01. The summed E-state index contributed by atoms with van der Waals surface area (Å²) in [5.41, 5.74) is 22.6. The Morgan fingerprint density at radius 2 is 1.24 bits per heavy atom. The van der Waals surface area contributed by atoms with Crippen molar-refractivity contribution in [3.63, 3.8) is 0 Å². The Bertz CT molecular complexity index is 3840. The molecule has 8 aromatic carbocycles. The van der Waals surface area contributed by atoms with Crippen LogP contribution in [0, 0.1) is 0 Å². The molecule has 0 amide bonds. The molecule has 332 valence electrons. The van der Waals surface area contributed by atoms with Gasteiger partial charge >= 0.3 is 6.85 Å². The summed E-state index contributed by atoms with van der Waals surface area (Å²) >= 11 is 1.95. The molecule has 1 aliphatic carbocycles. The maximum atomic E-state index is 7.20. The van der Waals surface area contributed by atoms with Gasteiger partial charge < -0.3 is 14.1 Å². The van der Waals surface area contributed by atoms with E-state index in [1.165, 1.54) is 115 Å². The van der Waals surface area contributed by atoms with Gasteiger partial charge in [0.1, 0.15) is 11.2 Å². The molecule has 0 N–H and O–H groups in total. The highest BCUT2D eigenvalue weighted by Crippen LogP contribution is 2.59. The Labute approximate surface area is 404 Å². The van der Waals surface area contributed by atoms with Crippen LogP contribution in [0.2, 0.25) is 0 Å². The van der Waals surface area contributed by atoms with E-state index in [1.54, 1.807) is 0 Å². The lowest BCUT2D eigenvalue weighted by atomic mass is 9.42. The number of furan rings is 1. The zero-order chi connectivity index (χ0) is 46.4. The van der Waals surface area contributed by atoms with Crippen molar-refractivity contribution in [2.75, 3.05) is 9.71 Å². The first kappa shape index (κ1) is 40.5. The normalized spacial score (nSPS) is 17.0. The molecule has 0 saturated heterocycles. The van der Waals surface area contributed by atoms with Gasteiger partial charge in [0.15, 0.2) is 0 Å². The Kier molecular flexibility index (Phi) is 7.96. The second-order valence-corrected chi connectivity index (χ2v) is 24.2. The summed E-state index contributed by atoms with van der Waals surface area (Å²) in [4.78, 5) is 5.37. The zero-order valence-electron chi connectivity index (χ0n) is 40.6. The first-order valence-electron chi connectivity index (χ1n) is 24.7. The molecule has 0 spiro atoms. The minimum Gasteiger partial charge on any atom is -0.456 e. The molecular weight excluding hydrogens is 844 g/mol. The van der Waals surface area contributed by atoms with Crippen molar-refractivity contribution < 1.29 is 4.42 Å². The van der Waals surface area contributed by atoms with Crippen LogP contribution in [0.3, 0.4) is 0 Å². The molecule has 0 bridgehead atoms. The van der Waals surface area contributed by atoms with E-state index < -0.39 is 0 Å². The number of rotatable bonds is 2. The van der Waals surface area contributed by atoms with E-state index in [-0.39, 0.29) is 28.5 Å². The third-order valence-corrected chi connectivity index (χ3v) is 18.0. The van der Waals surface area contributed by atoms with Crippen LogP contribution in [0.15, 0.2) is 150 Å². The lowest BCUT2D eigenvalue weighted by molar-refractivity contribution is 0.332. The SMILES string of the molecule is CC(C)(C)c1ccc(N2c3cc4oc5cc6c(cc5c4cc3B3c4c2cc2c(sc5ccccc52)c4-c2cccc4c2N3c2ccccc2C4(C)C)C(C)(C)CCC6(C)C)c(-c2ccccc2)c1. The summed E-state index contributed by atoms with van der Waals surface area (Å²) < 4.78 is 9.88. The molecule has 0 saturated carbocycles. The first-order valence-corrected chi connectivity index (χ1v) is 25.5. The van der Waals surface area contributed by atoms with Crippen molar-refractivity contribution in [3.05, 3.63) is 173 Å². The molecule has 5 heteroatoms. The van der Waals surface area contributed by atoms with Gasteiger partial charge in [0.05, 0.1) is 5.69 Å². The van der Waals surface area contributed by atoms with Crippen LogP contribution in [0.1, 0.15) is 103 Å². The van der Waals surface area contributed by atoms with E-state index in [0.29, 0.717) is 0 Å². The van der Waals surface area contributed by atoms with Crippen LogP contribution in [-0.4, -0.2) is 6.85 Å². The highest BCUT2D eigenvalue weighted by Gasteiger charge is 2.51. The van der Waals surface area contributed by atoms with Gasteiger partial charge in [-0.25, -0.2) is 0 Å². The van der Waals surface area contributed by atoms with E-state index >= 15 is 0 Å². The predicted octanol–water partition coefficient (Wildman–Crippen LogP) is 16.6. The molecule has 14 rings (SSSR count). The van der Waals surface area contributed by atoms with Crippen LogP contribution < -0.4 is 20.6 Å². The minimum atomic E-state index is -0.208. The van der Waals surface area contributed by atoms with Crippen LogP contribution in [0.5, 0.6) is 0 Å².